The lowest BCUT2D eigenvalue weighted by atomic mass is 10.0. The van der Waals surface area contributed by atoms with Gasteiger partial charge in [0.1, 0.15) is 0 Å². The second-order valence-electron chi connectivity index (χ2n) is 9.00. The number of amides is 2. The predicted octanol–water partition coefficient (Wildman–Crippen LogP) is 4.43. The molecule has 4 rings (SSSR count). The maximum atomic E-state index is 13.0. The number of aryl methyl sites for hydroxylation is 2. The van der Waals surface area contributed by atoms with E-state index in [2.05, 4.69) is 10.2 Å². The third-order valence-electron chi connectivity index (χ3n) is 6.66. The van der Waals surface area contributed by atoms with Gasteiger partial charge in [-0.1, -0.05) is 41.4 Å². The van der Waals surface area contributed by atoms with E-state index in [1.807, 2.05) is 36.9 Å². The Bertz CT molecular complexity index is 992. The highest BCUT2D eigenvalue weighted by molar-refractivity contribution is 6.34. The molecule has 0 aliphatic carbocycles. The van der Waals surface area contributed by atoms with Crippen molar-refractivity contribution in [2.45, 2.75) is 20.3 Å². The molecule has 2 aromatic rings. The van der Waals surface area contributed by atoms with Gasteiger partial charge in [-0.05, 0) is 68.0 Å². The molecule has 2 saturated heterocycles. The van der Waals surface area contributed by atoms with Gasteiger partial charge in [-0.2, -0.15) is 0 Å². The summed E-state index contributed by atoms with van der Waals surface area (Å²) in [6.45, 7) is 9.00. The Labute approximate surface area is 199 Å². The van der Waals surface area contributed by atoms with Gasteiger partial charge in [0.25, 0.3) is 11.8 Å². The number of hydrogen-bond acceptors (Lipinski definition) is 3. The van der Waals surface area contributed by atoms with Crippen LogP contribution in [0.3, 0.4) is 0 Å². The van der Waals surface area contributed by atoms with Crippen LogP contribution >= 0.6 is 23.2 Å². The first-order valence-electron chi connectivity index (χ1n) is 11.1. The molecule has 2 aliphatic heterocycles. The second kappa shape index (κ2) is 9.82. The normalized spacial score (nSPS) is 20.4. The molecule has 2 atom stereocenters. The molecule has 0 radical (unpaired) electrons. The van der Waals surface area contributed by atoms with Crippen molar-refractivity contribution in [1.29, 1.82) is 0 Å². The Morgan fingerprint density at radius 1 is 0.969 bits per heavy atom. The molecule has 0 aromatic heterocycles. The van der Waals surface area contributed by atoms with Crippen LogP contribution in [0.25, 0.3) is 0 Å². The van der Waals surface area contributed by atoms with E-state index in [0.717, 1.165) is 50.3 Å². The molecule has 0 spiro atoms. The molecule has 170 valence electrons. The number of carbonyl (C=O) groups excluding carboxylic acids is 2. The number of halogens is 2. The van der Waals surface area contributed by atoms with Crippen LogP contribution in [0.1, 0.15) is 38.3 Å². The van der Waals surface area contributed by atoms with Crippen LogP contribution in [0.2, 0.25) is 10.0 Å². The van der Waals surface area contributed by atoms with Gasteiger partial charge in [0.15, 0.2) is 0 Å². The van der Waals surface area contributed by atoms with Gasteiger partial charge in [0, 0.05) is 43.3 Å². The largest absolute Gasteiger partial charge is 0.352 e. The number of fused-ring (bicyclic) bond motifs is 1. The molecule has 7 heteroatoms. The fourth-order valence-electron chi connectivity index (χ4n) is 4.84. The van der Waals surface area contributed by atoms with Crippen LogP contribution in [0.4, 0.5) is 0 Å². The third kappa shape index (κ3) is 4.95. The van der Waals surface area contributed by atoms with Crippen molar-refractivity contribution in [3.8, 4) is 0 Å². The van der Waals surface area contributed by atoms with Crippen molar-refractivity contribution in [2.75, 3.05) is 39.3 Å². The lowest BCUT2D eigenvalue weighted by molar-refractivity contribution is 0.0773. The van der Waals surface area contributed by atoms with Gasteiger partial charge in [-0.25, -0.2) is 0 Å². The van der Waals surface area contributed by atoms with Gasteiger partial charge in [-0.15, -0.1) is 0 Å². The molecule has 5 nitrogen and oxygen atoms in total. The Kier molecular flexibility index (Phi) is 7.08. The molecule has 2 unspecified atom stereocenters. The van der Waals surface area contributed by atoms with E-state index in [1.54, 1.807) is 18.2 Å². The first-order chi connectivity index (χ1) is 15.3. The van der Waals surface area contributed by atoms with Crippen molar-refractivity contribution in [3.05, 3.63) is 68.7 Å². The van der Waals surface area contributed by atoms with Crippen LogP contribution in [-0.2, 0) is 0 Å². The molecular formula is C25H29Cl2N3O2. The minimum absolute atomic E-state index is 0.0490. The summed E-state index contributed by atoms with van der Waals surface area (Å²) >= 11 is 12.4. The summed E-state index contributed by atoms with van der Waals surface area (Å²) in [5.74, 6) is 0.972. The van der Waals surface area contributed by atoms with E-state index in [0.29, 0.717) is 39.6 Å². The van der Waals surface area contributed by atoms with Crippen molar-refractivity contribution in [2.24, 2.45) is 11.8 Å². The van der Waals surface area contributed by atoms with Crippen molar-refractivity contribution < 1.29 is 9.59 Å². The standard InChI is InChI=1S/C25H29Cl2N3O2/c1-16-7-8-18(11-22(16)27)24(31)28-9-4-10-29-12-19-14-30(15-20(19)13-29)25(32)23-17(2)5-3-6-21(23)26/h3,5-8,11,19-20H,4,9-10,12-15H2,1-2H3,(H,28,31). The van der Waals surface area contributed by atoms with Crippen LogP contribution in [0, 0.1) is 25.7 Å². The van der Waals surface area contributed by atoms with Crippen molar-refractivity contribution >= 4 is 35.0 Å². The van der Waals surface area contributed by atoms with E-state index < -0.39 is 0 Å². The average Bonchev–Trinajstić information content (AvgIpc) is 3.31. The molecule has 0 bridgehead atoms. The zero-order valence-corrected chi connectivity index (χ0v) is 20.0. The molecule has 2 amide bonds. The Hall–Kier alpha value is -2.08. The quantitative estimate of drug-likeness (QED) is 0.631. The lowest BCUT2D eigenvalue weighted by Gasteiger charge is -2.22. The summed E-state index contributed by atoms with van der Waals surface area (Å²) in [5, 5.41) is 4.12. The maximum absolute atomic E-state index is 13.0. The van der Waals surface area contributed by atoms with Crippen LogP contribution in [-0.4, -0.2) is 60.9 Å². The van der Waals surface area contributed by atoms with E-state index in [1.165, 1.54) is 0 Å². The molecule has 2 aliphatic rings. The van der Waals surface area contributed by atoms with Gasteiger partial charge < -0.3 is 15.1 Å². The molecule has 32 heavy (non-hydrogen) atoms. The van der Waals surface area contributed by atoms with E-state index >= 15 is 0 Å². The maximum Gasteiger partial charge on any atom is 0.255 e. The fourth-order valence-corrected chi connectivity index (χ4v) is 5.32. The SMILES string of the molecule is Cc1ccc(C(=O)NCCCN2CC3CN(C(=O)c4c(C)cccc4Cl)CC3C2)cc1Cl. The van der Waals surface area contributed by atoms with E-state index in [4.69, 9.17) is 23.2 Å². The highest BCUT2D eigenvalue weighted by Gasteiger charge is 2.41. The summed E-state index contributed by atoms with van der Waals surface area (Å²) in [6, 6.07) is 11.0. The molecule has 2 aromatic carbocycles. The highest BCUT2D eigenvalue weighted by Crippen LogP contribution is 2.33. The van der Waals surface area contributed by atoms with E-state index in [-0.39, 0.29) is 11.8 Å². The molecule has 2 heterocycles. The average molecular weight is 474 g/mol. The Morgan fingerprint density at radius 3 is 2.34 bits per heavy atom. The number of nitrogens with one attached hydrogen (secondary N) is 1. The van der Waals surface area contributed by atoms with Crippen LogP contribution in [0.15, 0.2) is 36.4 Å². The number of hydrogen-bond donors (Lipinski definition) is 1. The summed E-state index contributed by atoms with van der Waals surface area (Å²) in [5.41, 5.74) is 3.12. The minimum atomic E-state index is -0.0887. The summed E-state index contributed by atoms with van der Waals surface area (Å²) in [6.07, 6.45) is 0.895. The van der Waals surface area contributed by atoms with Gasteiger partial charge in [-0.3, -0.25) is 9.59 Å². The smallest absolute Gasteiger partial charge is 0.255 e. The fraction of sp³-hybridized carbons (Fsp3) is 0.440. The van der Waals surface area contributed by atoms with E-state index in [9.17, 15) is 9.59 Å². The monoisotopic (exact) mass is 473 g/mol. The number of rotatable bonds is 6. The zero-order valence-electron chi connectivity index (χ0n) is 18.5. The number of benzene rings is 2. The summed E-state index contributed by atoms with van der Waals surface area (Å²) < 4.78 is 0. The topological polar surface area (TPSA) is 52.7 Å². The van der Waals surface area contributed by atoms with Crippen LogP contribution < -0.4 is 5.32 Å². The summed E-state index contributed by atoms with van der Waals surface area (Å²) in [7, 11) is 0. The van der Waals surface area contributed by atoms with Crippen LogP contribution in [0.5, 0.6) is 0 Å². The number of nitrogens with zero attached hydrogens (tertiary/aromatic N) is 2. The summed E-state index contributed by atoms with van der Waals surface area (Å²) in [4.78, 5) is 29.7. The van der Waals surface area contributed by atoms with Gasteiger partial charge in [0.2, 0.25) is 0 Å². The minimum Gasteiger partial charge on any atom is -0.352 e. The predicted molar refractivity (Wildman–Crippen MR) is 129 cm³/mol. The Morgan fingerprint density at radius 2 is 1.69 bits per heavy atom. The second-order valence-corrected chi connectivity index (χ2v) is 9.81. The molecule has 1 N–H and O–H groups in total. The van der Waals surface area contributed by atoms with Crippen molar-refractivity contribution in [1.82, 2.24) is 15.1 Å². The first kappa shape index (κ1) is 23.1. The highest BCUT2D eigenvalue weighted by atomic mass is 35.5. The first-order valence-corrected chi connectivity index (χ1v) is 11.9. The molecule has 0 saturated carbocycles. The number of carbonyl (C=O) groups is 2. The number of likely N-dealkylation sites (tertiary alicyclic amines) is 2. The molecule has 2 fully saturated rings. The third-order valence-corrected chi connectivity index (χ3v) is 7.38. The Balaban J connectivity index is 1.21. The van der Waals surface area contributed by atoms with Gasteiger partial charge >= 0.3 is 0 Å². The van der Waals surface area contributed by atoms with Gasteiger partial charge in [0.05, 0.1) is 10.6 Å². The molecular weight excluding hydrogens is 445 g/mol. The zero-order chi connectivity index (χ0) is 22.8. The van der Waals surface area contributed by atoms with Crippen molar-refractivity contribution in [3.63, 3.8) is 0 Å². The lowest BCUT2D eigenvalue weighted by Crippen LogP contribution is -2.34.